The van der Waals surface area contributed by atoms with Crippen molar-refractivity contribution in [2.75, 3.05) is 20.3 Å². The maximum absolute atomic E-state index is 11.8. The number of carbonyl (C=O) groups is 1. The molecule has 0 aliphatic heterocycles. The van der Waals surface area contributed by atoms with Crippen molar-refractivity contribution in [3.8, 4) is 0 Å². The molecule has 0 aliphatic rings. The smallest absolute Gasteiger partial charge is 0.407 e. The highest BCUT2D eigenvalue weighted by atomic mass is 28.4. The van der Waals surface area contributed by atoms with Gasteiger partial charge in [-0.2, -0.15) is 0 Å². The van der Waals surface area contributed by atoms with Crippen LogP contribution in [-0.4, -0.2) is 46.4 Å². The summed E-state index contributed by atoms with van der Waals surface area (Å²) in [5.74, 6) is 0. The van der Waals surface area contributed by atoms with E-state index in [2.05, 4.69) is 46.9 Å². The Kier molecular flexibility index (Phi) is 9.54. The normalized spacial score (nSPS) is 14.4. The quantitative estimate of drug-likeness (QED) is 0.604. The van der Waals surface area contributed by atoms with Crippen molar-refractivity contribution in [1.82, 2.24) is 5.32 Å². The second kappa shape index (κ2) is 9.78. The number of ether oxygens (including phenoxy) is 2. The van der Waals surface area contributed by atoms with Crippen LogP contribution in [0.2, 0.25) is 16.6 Å². The summed E-state index contributed by atoms with van der Waals surface area (Å²) >= 11 is 0. The molecule has 1 unspecified atom stereocenters. The van der Waals surface area contributed by atoms with E-state index in [0.717, 1.165) is 0 Å². The Morgan fingerprint density at radius 2 is 1.46 bits per heavy atom. The number of rotatable bonds is 9. The van der Waals surface area contributed by atoms with Crippen molar-refractivity contribution in [3.63, 3.8) is 0 Å². The number of hydrogen-bond donors (Lipinski definition) is 1. The average Bonchev–Trinajstić information content (AvgIpc) is 2.39. The van der Waals surface area contributed by atoms with E-state index in [1.807, 2.05) is 20.8 Å². The molecule has 0 bridgehead atoms. The summed E-state index contributed by atoms with van der Waals surface area (Å²) in [6, 6.07) is 0. The topological polar surface area (TPSA) is 56.8 Å². The molecule has 0 heterocycles. The van der Waals surface area contributed by atoms with Crippen LogP contribution in [0.25, 0.3) is 0 Å². The lowest BCUT2D eigenvalue weighted by atomic mass is 10.2. The molecule has 0 aromatic carbocycles. The van der Waals surface area contributed by atoms with Crippen LogP contribution < -0.4 is 5.32 Å². The lowest BCUT2D eigenvalue weighted by Gasteiger charge is -2.42. The predicted octanol–water partition coefficient (Wildman–Crippen LogP) is 4.72. The van der Waals surface area contributed by atoms with Crippen molar-refractivity contribution in [2.24, 2.45) is 0 Å². The highest BCUT2D eigenvalue weighted by Gasteiger charge is 2.45. The summed E-state index contributed by atoms with van der Waals surface area (Å²) in [7, 11) is -0.278. The molecule has 1 N–H and O–H groups in total. The van der Waals surface area contributed by atoms with Gasteiger partial charge < -0.3 is 19.2 Å². The summed E-state index contributed by atoms with van der Waals surface area (Å²) in [6.07, 6.45) is -0.606. The van der Waals surface area contributed by atoms with Crippen LogP contribution in [0.4, 0.5) is 4.79 Å². The summed E-state index contributed by atoms with van der Waals surface area (Å²) in [4.78, 5) is 11.8. The molecule has 0 rings (SSSR count). The van der Waals surface area contributed by atoms with Crippen LogP contribution in [0.5, 0.6) is 0 Å². The van der Waals surface area contributed by atoms with Gasteiger partial charge in [-0.15, -0.1) is 0 Å². The second-order valence-electron chi connectivity index (χ2n) is 8.37. The second-order valence-corrected chi connectivity index (χ2v) is 13.8. The van der Waals surface area contributed by atoms with E-state index in [9.17, 15) is 4.79 Å². The molecule has 0 aliphatic carbocycles. The molecule has 0 aromatic rings. The van der Waals surface area contributed by atoms with Crippen LogP contribution in [-0.2, 0) is 13.9 Å². The minimum Gasteiger partial charge on any atom is -0.444 e. The molecule has 0 saturated carbocycles. The van der Waals surface area contributed by atoms with E-state index < -0.39 is 20.0 Å². The average molecular weight is 362 g/mol. The molecule has 144 valence electrons. The van der Waals surface area contributed by atoms with Crippen LogP contribution in [0, 0.1) is 0 Å². The van der Waals surface area contributed by atoms with Crippen LogP contribution in [0.15, 0.2) is 0 Å². The van der Waals surface area contributed by atoms with Gasteiger partial charge in [0.05, 0.1) is 12.7 Å². The summed E-state index contributed by atoms with van der Waals surface area (Å²) in [5.41, 5.74) is 1.06. The standard InChI is InChI=1S/C18H39NO4Si/c1-13(2)24(14(3)4,15(5)6)22-12-16(21-10)11-19-17(20)23-18(7,8)9/h13-16H,11-12H2,1-10H3,(H,19,20). The molecule has 0 spiro atoms. The van der Waals surface area contributed by atoms with E-state index >= 15 is 0 Å². The van der Waals surface area contributed by atoms with Crippen molar-refractivity contribution in [3.05, 3.63) is 0 Å². The zero-order valence-corrected chi connectivity index (χ0v) is 18.4. The van der Waals surface area contributed by atoms with E-state index in [1.165, 1.54) is 0 Å². The number of alkyl carbamates (subject to hydrolysis) is 1. The lowest BCUT2D eigenvalue weighted by molar-refractivity contribution is 0.0341. The molecule has 0 radical (unpaired) electrons. The molecule has 1 atom stereocenters. The molecule has 24 heavy (non-hydrogen) atoms. The predicted molar refractivity (Wildman–Crippen MR) is 102 cm³/mol. The van der Waals surface area contributed by atoms with Gasteiger partial charge in [-0.05, 0) is 37.4 Å². The van der Waals surface area contributed by atoms with Crippen LogP contribution in [0.1, 0.15) is 62.3 Å². The van der Waals surface area contributed by atoms with Gasteiger partial charge in [0.2, 0.25) is 0 Å². The number of hydrogen-bond acceptors (Lipinski definition) is 4. The molecule has 1 amide bonds. The van der Waals surface area contributed by atoms with Gasteiger partial charge in [-0.1, -0.05) is 41.5 Å². The number of nitrogens with one attached hydrogen (secondary N) is 1. The molecule has 0 aromatic heterocycles. The molecule has 6 heteroatoms. The molecule has 0 saturated heterocycles. The van der Waals surface area contributed by atoms with Gasteiger partial charge in [0.15, 0.2) is 8.32 Å². The largest absolute Gasteiger partial charge is 0.444 e. The van der Waals surface area contributed by atoms with Gasteiger partial charge >= 0.3 is 6.09 Å². The first-order valence-electron chi connectivity index (χ1n) is 9.00. The summed E-state index contributed by atoms with van der Waals surface area (Å²) < 4.78 is 17.3. The minimum atomic E-state index is -1.93. The first kappa shape index (κ1) is 23.4. The third kappa shape index (κ3) is 7.11. The Morgan fingerprint density at radius 3 is 1.79 bits per heavy atom. The van der Waals surface area contributed by atoms with Crippen LogP contribution >= 0.6 is 0 Å². The molecular weight excluding hydrogens is 322 g/mol. The highest BCUT2D eigenvalue weighted by molar-refractivity contribution is 6.77. The van der Waals surface area contributed by atoms with E-state index in [1.54, 1.807) is 7.11 Å². The first-order chi connectivity index (χ1) is 10.9. The fraction of sp³-hybridized carbons (Fsp3) is 0.944. The van der Waals surface area contributed by atoms with E-state index in [4.69, 9.17) is 13.9 Å². The minimum absolute atomic E-state index is 0.180. The van der Waals surface area contributed by atoms with Crippen molar-refractivity contribution < 1.29 is 18.7 Å². The van der Waals surface area contributed by atoms with Crippen molar-refractivity contribution in [2.45, 2.75) is 90.6 Å². The SMILES string of the molecule is COC(CNC(=O)OC(C)(C)C)CO[Si](C(C)C)(C(C)C)C(C)C. The lowest BCUT2D eigenvalue weighted by Crippen LogP contribution is -2.50. The van der Waals surface area contributed by atoms with Gasteiger partial charge in [0, 0.05) is 13.7 Å². The number of amides is 1. The Balaban J connectivity index is 4.74. The van der Waals surface area contributed by atoms with Gasteiger partial charge in [-0.3, -0.25) is 0 Å². The van der Waals surface area contributed by atoms with Gasteiger partial charge in [-0.25, -0.2) is 4.79 Å². The van der Waals surface area contributed by atoms with Gasteiger partial charge in [0.25, 0.3) is 0 Å². The first-order valence-corrected chi connectivity index (χ1v) is 11.1. The number of methoxy groups -OCH3 is 1. The maximum atomic E-state index is 11.8. The van der Waals surface area contributed by atoms with E-state index in [-0.39, 0.29) is 6.10 Å². The monoisotopic (exact) mass is 361 g/mol. The Morgan fingerprint density at radius 1 is 1.00 bits per heavy atom. The zero-order valence-electron chi connectivity index (χ0n) is 17.4. The van der Waals surface area contributed by atoms with E-state index in [0.29, 0.717) is 29.8 Å². The molecule has 5 nitrogen and oxygen atoms in total. The fourth-order valence-corrected chi connectivity index (χ4v) is 8.93. The van der Waals surface area contributed by atoms with Crippen molar-refractivity contribution in [1.29, 1.82) is 0 Å². The van der Waals surface area contributed by atoms with Gasteiger partial charge in [0.1, 0.15) is 5.60 Å². The zero-order chi connectivity index (χ0) is 19.1. The highest BCUT2D eigenvalue weighted by Crippen LogP contribution is 2.42. The summed E-state index contributed by atoms with van der Waals surface area (Å²) in [5, 5.41) is 2.76. The third-order valence-electron chi connectivity index (χ3n) is 4.43. The molecular formula is C18H39NO4Si. The fourth-order valence-electron chi connectivity index (χ4n) is 3.46. The van der Waals surface area contributed by atoms with Crippen LogP contribution in [0.3, 0.4) is 0 Å². The Labute approximate surface area is 149 Å². The third-order valence-corrected chi connectivity index (χ3v) is 10.5. The molecule has 0 fully saturated rings. The maximum Gasteiger partial charge on any atom is 0.407 e. The summed E-state index contributed by atoms with van der Waals surface area (Å²) in [6.45, 7) is 19.9. The number of carbonyl (C=O) groups excluding carboxylic acids is 1. The Hall–Kier alpha value is -0.593. The van der Waals surface area contributed by atoms with Crippen molar-refractivity contribution >= 4 is 14.4 Å². The Bertz CT molecular complexity index is 356.